The van der Waals surface area contributed by atoms with E-state index < -0.39 is 0 Å². The highest BCUT2D eigenvalue weighted by atomic mass is 16.5. The molecule has 0 bridgehead atoms. The molecule has 1 aromatic heterocycles. The minimum absolute atomic E-state index is 0.350. The summed E-state index contributed by atoms with van der Waals surface area (Å²) in [6, 6.07) is 3.90. The van der Waals surface area contributed by atoms with E-state index in [9.17, 15) is 0 Å². The first-order valence-corrected chi connectivity index (χ1v) is 6.33. The Morgan fingerprint density at radius 3 is 2.94 bits per heavy atom. The van der Waals surface area contributed by atoms with Gasteiger partial charge in [-0.25, -0.2) is 4.98 Å². The van der Waals surface area contributed by atoms with Crippen LogP contribution in [0.15, 0.2) is 18.3 Å². The number of hydrogen-bond donors (Lipinski definition) is 1. The van der Waals surface area contributed by atoms with Crippen molar-refractivity contribution in [2.45, 2.75) is 25.9 Å². The molecule has 94 valence electrons. The number of hydrogen-bond acceptors (Lipinski definition) is 4. The second kappa shape index (κ2) is 5.87. The third-order valence-electron chi connectivity index (χ3n) is 3.06. The number of ether oxygens (including phenoxy) is 1. The van der Waals surface area contributed by atoms with Crippen molar-refractivity contribution in [3.05, 3.63) is 18.3 Å². The highest BCUT2D eigenvalue weighted by Crippen LogP contribution is 2.20. The molecular formula is C13H21N3O. The van der Waals surface area contributed by atoms with Gasteiger partial charge in [-0.15, -0.1) is 0 Å². The fourth-order valence-electron chi connectivity index (χ4n) is 2.06. The minimum Gasteiger partial charge on any atom is -0.490 e. The second-order valence-electron chi connectivity index (χ2n) is 4.53. The Morgan fingerprint density at radius 1 is 1.47 bits per heavy atom. The summed E-state index contributed by atoms with van der Waals surface area (Å²) in [5.74, 6) is 1.81. The van der Waals surface area contributed by atoms with E-state index in [0.29, 0.717) is 6.10 Å². The summed E-state index contributed by atoms with van der Waals surface area (Å²) in [5, 5.41) is 3.19. The zero-order valence-corrected chi connectivity index (χ0v) is 10.6. The molecule has 1 aliphatic heterocycles. The van der Waals surface area contributed by atoms with Gasteiger partial charge in [-0.2, -0.15) is 0 Å². The van der Waals surface area contributed by atoms with E-state index in [2.05, 4.69) is 29.2 Å². The van der Waals surface area contributed by atoms with Crippen LogP contribution in [0.5, 0.6) is 5.75 Å². The first-order chi connectivity index (χ1) is 8.28. The van der Waals surface area contributed by atoms with Gasteiger partial charge < -0.3 is 15.0 Å². The van der Waals surface area contributed by atoms with Crippen molar-refractivity contribution in [2.24, 2.45) is 0 Å². The molecule has 2 rings (SSSR count). The number of nitrogens with zero attached hydrogens (tertiary/aromatic N) is 2. The van der Waals surface area contributed by atoms with Gasteiger partial charge in [-0.3, -0.25) is 0 Å². The van der Waals surface area contributed by atoms with Crippen LogP contribution in [0.25, 0.3) is 0 Å². The van der Waals surface area contributed by atoms with Gasteiger partial charge in [0.05, 0.1) is 0 Å². The predicted octanol–water partition coefficient (Wildman–Crippen LogP) is 1.99. The molecule has 1 aliphatic rings. The molecule has 4 nitrogen and oxygen atoms in total. The van der Waals surface area contributed by atoms with E-state index in [-0.39, 0.29) is 0 Å². The number of piperidine rings is 1. The molecule has 0 unspecified atom stereocenters. The Morgan fingerprint density at radius 2 is 2.24 bits per heavy atom. The molecule has 4 heteroatoms. The van der Waals surface area contributed by atoms with E-state index in [1.807, 2.05) is 12.1 Å². The highest BCUT2D eigenvalue weighted by Gasteiger charge is 2.17. The van der Waals surface area contributed by atoms with Crippen LogP contribution in [-0.2, 0) is 0 Å². The molecular weight excluding hydrogens is 214 g/mol. The van der Waals surface area contributed by atoms with Crippen LogP contribution in [0.3, 0.4) is 0 Å². The molecule has 17 heavy (non-hydrogen) atoms. The van der Waals surface area contributed by atoms with Crippen molar-refractivity contribution >= 4 is 5.82 Å². The topological polar surface area (TPSA) is 37.4 Å². The molecule has 0 atom stereocenters. The van der Waals surface area contributed by atoms with Crippen LogP contribution >= 0.6 is 0 Å². The molecule has 2 heterocycles. The molecule has 0 aromatic carbocycles. The summed E-state index contributed by atoms with van der Waals surface area (Å²) < 4.78 is 5.98. The lowest BCUT2D eigenvalue weighted by atomic mass is 10.1. The van der Waals surface area contributed by atoms with Crippen molar-refractivity contribution in [1.82, 2.24) is 9.88 Å². The molecule has 1 fully saturated rings. The summed E-state index contributed by atoms with van der Waals surface area (Å²) in [6.45, 7) is 5.18. The zero-order valence-electron chi connectivity index (χ0n) is 10.6. The van der Waals surface area contributed by atoms with Gasteiger partial charge in [0.25, 0.3) is 0 Å². The molecule has 0 radical (unpaired) electrons. The van der Waals surface area contributed by atoms with Crippen molar-refractivity contribution in [1.29, 1.82) is 0 Å². The summed E-state index contributed by atoms with van der Waals surface area (Å²) in [7, 11) is 2.16. The first-order valence-electron chi connectivity index (χ1n) is 6.33. The average Bonchev–Trinajstić information content (AvgIpc) is 2.33. The van der Waals surface area contributed by atoms with E-state index in [1.165, 1.54) is 0 Å². The van der Waals surface area contributed by atoms with E-state index in [1.54, 1.807) is 6.20 Å². The van der Waals surface area contributed by atoms with Crippen molar-refractivity contribution in [2.75, 3.05) is 32.0 Å². The third kappa shape index (κ3) is 3.60. The molecule has 1 saturated heterocycles. The van der Waals surface area contributed by atoms with Crippen LogP contribution in [0, 0.1) is 0 Å². The third-order valence-corrected chi connectivity index (χ3v) is 3.06. The smallest absolute Gasteiger partial charge is 0.129 e. The van der Waals surface area contributed by atoms with Gasteiger partial charge in [0.2, 0.25) is 0 Å². The van der Waals surface area contributed by atoms with E-state index >= 15 is 0 Å². The zero-order chi connectivity index (χ0) is 12.1. The fraction of sp³-hybridized carbons (Fsp3) is 0.615. The molecule has 0 spiro atoms. The quantitative estimate of drug-likeness (QED) is 0.866. The standard InChI is InChI=1S/C13H21N3O/c1-3-14-13-10-12(4-7-15-13)17-11-5-8-16(2)9-6-11/h4,7,10-11H,3,5-6,8-9H2,1-2H3,(H,14,15). The molecule has 1 N–H and O–H groups in total. The number of pyridine rings is 1. The van der Waals surface area contributed by atoms with Crippen LogP contribution < -0.4 is 10.1 Å². The lowest BCUT2D eigenvalue weighted by Crippen LogP contribution is -2.35. The van der Waals surface area contributed by atoms with Crippen molar-refractivity contribution in [3.8, 4) is 5.75 Å². The van der Waals surface area contributed by atoms with Gasteiger partial charge in [-0.1, -0.05) is 0 Å². The number of nitrogens with one attached hydrogen (secondary N) is 1. The fourth-order valence-corrected chi connectivity index (χ4v) is 2.06. The number of aromatic nitrogens is 1. The monoisotopic (exact) mass is 235 g/mol. The summed E-state index contributed by atoms with van der Waals surface area (Å²) in [5.41, 5.74) is 0. The predicted molar refractivity (Wildman–Crippen MR) is 69.5 cm³/mol. The van der Waals surface area contributed by atoms with E-state index in [0.717, 1.165) is 44.0 Å². The summed E-state index contributed by atoms with van der Waals surface area (Å²) >= 11 is 0. The largest absolute Gasteiger partial charge is 0.490 e. The number of likely N-dealkylation sites (tertiary alicyclic amines) is 1. The molecule has 0 aliphatic carbocycles. The summed E-state index contributed by atoms with van der Waals surface area (Å²) in [4.78, 5) is 6.58. The van der Waals surface area contributed by atoms with Crippen molar-refractivity contribution in [3.63, 3.8) is 0 Å². The van der Waals surface area contributed by atoms with Gasteiger partial charge in [0.15, 0.2) is 0 Å². The summed E-state index contributed by atoms with van der Waals surface area (Å²) in [6.07, 6.45) is 4.36. The molecule has 0 saturated carbocycles. The maximum Gasteiger partial charge on any atom is 0.129 e. The van der Waals surface area contributed by atoms with Crippen LogP contribution in [0.2, 0.25) is 0 Å². The Bertz CT molecular complexity index is 348. The Kier molecular flexibility index (Phi) is 4.20. The van der Waals surface area contributed by atoms with Gasteiger partial charge in [0, 0.05) is 31.9 Å². The van der Waals surface area contributed by atoms with Crippen LogP contribution in [0.1, 0.15) is 19.8 Å². The van der Waals surface area contributed by atoms with Gasteiger partial charge in [0.1, 0.15) is 17.7 Å². The van der Waals surface area contributed by atoms with E-state index in [4.69, 9.17) is 4.74 Å². The second-order valence-corrected chi connectivity index (χ2v) is 4.53. The SMILES string of the molecule is CCNc1cc(OC2CCN(C)CC2)ccn1. The number of anilines is 1. The Balaban J connectivity index is 1.91. The minimum atomic E-state index is 0.350. The maximum atomic E-state index is 5.98. The normalized spacial score (nSPS) is 18.0. The van der Waals surface area contributed by atoms with Gasteiger partial charge in [-0.05, 0) is 32.9 Å². The lowest BCUT2D eigenvalue weighted by Gasteiger charge is -2.29. The average molecular weight is 235 g/mol. The Labute approximate surface area is 103 Å². The molecule has 0 amide bonds. The maximum absolute atomic E-state index is 5.98. The van der Waals surface area contributed by atoms with Crippen LogP contribution in [0.4, 0.5) is 5.82 Å². The highest BCUT2D eigenvalue weighted by molar-refractivity contribution is 5.40. The van der Waals surface area contributed by atoms with Gasteiger partial charge >= 0.3 is 0 Å². The Hall–Kier alpha value is -1.29. The number of rotatable bonds is 4. The van der Waals surface area contributed by atoms with Crippen LogP contribution in [-0.4, -0.2) is 42.7 Å². The van der Waals surface area contributed by atoms with Crippen molar-refractivity contribution < 1.29 is 4.74 Å². The molecule has 1 aromatic rings. The lowest BCUT2D eigenvalue weighted by molar-refractivity contribution is 0.114. The first kappa shape index (κ1) is 12.2.